The van der Waals surface area contributed by atoms with Crippen molar-refractivity contribution in [3.05, 3.63) is 34.7 Å². The molecular formula is C22H30ClFN4O4. The molecule has 0 saturated carbocycles. The minimum Gasteiger partial charge on any atom is -0.391 e. The number of aliphatic hydroxyl groups is 1. The van der Waals surface area contributed by atoms with Crippen molar-refractivity contribution in [2.75, 3.05) is 20.7 Å². The van der Waals surface area contributed by atoms with E-state index >= 15 is 0 Å². The van der Waals surface area contributed by atoms with Crippen LogP contribution in [0, 0.1) is 5.82 Å². The van der Waals surface area contributed by atoms with Crippen LogP contribution in [0.2, 0.25) is 5.15 Å². The first kappa shape index (κ1) is 24.4. The third-order valence-electron chi connectivity index (χ3n) is 6.25. The number of hydrogen-bond donors (Lipinski definition) is 4. The summed E-state index contributed by atoms with van der Waals surface area (Å²) in [5.41, 5.74) is 1.25. The van der Waals surface area contributed by atoms with E-state index in [0.717, 1.165) is 5.39 Å². The highest BCUT2D eigenvalue weighted by Gasteiger charge is 2.41. The van der Waals surface area contributed by atoms with Crippen LogP contribution in [0.4, 0.5) is 4.39 Å². The van der Waals surface area contributed by atoms with E-state index in [4.69, 9.17) is 16.3 Å². The standard InChI is InChI=1S/C22H30ClFN4O4/c1-11(25-3)21(30)27-19(12(2)32-4)22(31)28-8-7-18(29)17(28)10-15-14-6-5-13(24)9-16(14)26-20(15)23/h5-6,9,11-12,17-19,25-26,29H,7-8,10H2,1-4H3,(H,27,30). The Morgan fingerprint density at radius 2 is 2.12 bits per heavy atom. The molecule has 32 heavy (non-hydrogen) atoms. The van der Waals surface area contributed by atoms with E-state index in [1.807, 2.05) is 0 Å². The number of nitrogens with zero attached hydrogens (tertiary/aromatic N) is 1. The molecule has 176 valence electrons. The van der Waals surface area contributed by atoms with Crippen LogP contribution in [0.25, 0.3) is 10.9 Å². The van der Waals surface area contributed by atoms with Gasteiger partial charge in [0, 0.05) is 24.6 Å². The van der Waals surface area contributed by atoms with Gasteiger partial charge in [-0.15, -0.1) is 0 Å². The Morgan fingerprint density at radius 3 is 2.78 bits per heavy atom. The zero-order valence-electron chi connectivity index (χ0n) is 18.6. The van der Waals surface area contributed by atoms with E-state index in [-0.39, 0.29) is 24.1 Å². The Labute approximate surface area is 191 Å². The van der Waals surface area contributed by atoms with Crippen LogP contribution < -0.4 is 10.6 Å². The summed E-state index contributed by atoms with van der Waals surface area (Å²) in [6, 6.07) is 2.38. The zero-order chi connectivity index (χ0) is 23.6. The molecule has 2 heterocycles. The molecular weight excluding hydrogens is 439 g/mol. The molecule has 5 unspecified atom stereocenters. The fourth-order valence-corrected chi connectivity index (χ4v) is 4.35. The number of H-pyrrole nitrogens is 1. The quantitative estimate of drug-likeness (QED) is 0.471. The minimum absolute atomic E-state index is 0.284. The number of benzene rings is 1. The Bertz CT molecular complexity index is 984. The number of methoxy groups -OCH3 is 1. The van der Waals surface area contributed by atoms with Crippen LogP contribution in [0.1, 0.15) is 25.8 Å². The summed E-state index contributed by atoms with van der Waals surface area (Å²) in [4.78, 5) is 30.5. The Balaban J connectivity index is 1.87. The number of likely N-dealkylation sites (N-methyl/N-ethyl adjacent to an activating group) is 1. The lowest BCUT2D eigenvalue weighted by molar-refractivity contribution is -0.141. The number of ether oxygens (including phenoxy) is 1. The molecule has 0 spiro atoms. The van der Waals surface area contributed by atoms with Gasteiger partial charge in [0.15, 0.2) is 0 Å². The Morgan fingerprint density at radius 1 is 1.41 bits per heavy atom. The molecule has 1 fully saturated rings. The van der Waals surface area contributed by atoms with Crippen molar-refractivity contribution in [1.29, 1.82) is 0 Å². The molecule has 2 aromatic rings. The molecule has 1 aromatic heterocycles. The number of aliphatic hydroxyl groups excluding tert-OH is 1. The number of aromatic nitrogens is 1. The molecule has 4 N–H and O–H groups in total. The van der Waals surface area contributed by atoms with Crippen LogP contribution in [-0.2, 0) is 20.7 Å². The molecule has 1 saturated heterocycles. The average Bonchev–Trinajstić information content (AvgIpc) is 3.29. The summed E-state index contributed by atoms with van der Waals surface area (Å²) in [7, 11) is 3.13. The van der Waals surface area contributed by atoms with Gasteiger partial charge in [0.25, 0.3) is 0 Å². The van der Waals surface area contributed by atoms with Crippen molar-refractivity contribution < 1.29 is 23.8 Å². The highest BCUT2D eigenvalue weighted by atomic mass is 35.5. The number of rotatable bonds is 8. The summed E-state index contributed by atoms with van der Waals surface area (Å²) in [6.07, 6.45) is -0.647. The van der Waals surface area contributed by atoms with Crippen molar-refractivity contribution >= 4 is 34.3 Å². The van der Waals surface area contributed by atoms with E-state index in [1.165, 1.54) is 19.2 Å². The summed E-state index contributed by atoms with van der Waals surface area (Å²) in [5, 5.41) is 17.4. The van der Waals surface area contributed by atoms with Gasteiger partial charge in [-0.25, -0.2) is 4.39 Å². The lowest BCUT2D eigenvalue weighted by atomic mass is 10.0. The molecule has 0 bridgehead atoms. The first-order valence-corrected chi connectivity index (χ1v) is 11.0. The second-order valence-electron chi connectivity index (χ2n) is 8.20. The van der Waals surface area contributed by atoms with Gasteiger partial charge >= 0.3 is 0 Å². The number of aromatic amines is 1. The highest BCUT2D eigenvalue weighted by Crippen LogP contribution is 2.32. The second-order valence-corrected chi connectivity index (χ2v) is 8.58. The number of nitrogens with one attached hydrogen (secondary N) is 3. The first-order valence-electron chi connectivity index (χ1n) is 10.6. The SMILES string of the molecule is CNC(C)C(=O)NC(C(=O)N1CCC(O)C1Cc1c(Cl)[nH]c2cc(F)ccc12)C(C)OC. The zero-order valence-corrected chi connectivity index (χ0v) is 19.4. The van der Waals surface area contributed by atoms with Gasteiger partial charge in [-0.3, -0.25) is 9.59 Å². The monoisotopic (exact) mass is 468 g/mol. The molecule has 5 atom stereocenters. The molecule has 3 rings (SSSR count). The van der Waals surface area contributed by atoms with E-state index in [1.54, 1.807) is 31.9 Å². The maximum absolute atomic E-state index is 13.6. The normalized spacial score (nSPS) is 21.5. The van der Waals surface area contributed by atoms with Crippen molar-refractivity contribution in [3.63, 3.8) is 0 Å². The second kappa shape index (κ2) is 10.2. The Hall–Kier alpha value is -2.20. The third-order valence-corrected chi connectivity index (χ3v) is 6.58. The number of hydrogen-bond acceptors (Lipinski definition) is 5. The number of halogens is 2. The average molecular weight is 469 g/mol. The Kier molecular flexibility index (Phi) is 7.76. The summed E-state index contributed by atoms with van der Waals surface area (Å²) in [6.45, 7) is 3.74. The van der Waals surface area contributed by atoms with E-state index in [0.29, 0.717) is 29.2 Å². The van der Waals surface area contributed by atoms with Gasteiger partial charge in [-0.1, -0.05) is 11.6 Å². The molecule has 0 radical (unpaired) electrons. The fraction of sp³-hybridized carbons (Fsp3) is 0.545. The number of likely N-dealkylation sites (tertiary alicyclic amines) is 1. The van der Waals surface area contributed by atoms with Gasteiger partial charge in [-0.05, 0) is 57.5 Å². The maximum atomic E-state index is 13.6. The van der Waals surface area contributed by atoms with Crippen LogP contribution in [0.5, 0.6) is 0 Å². The predicted molar refractivity (Wildman–Crippen MR) is 120 cm³/mol. The molecule has 1 aliphatic heterocycles. The third kappa shape index (κ3) is 4.91. The summed E-state index contributed by atoms with van der Waals surface area (Å²) >= 11 is 6.38. The van der Waals surface area contributed by atoms with Gasteiger partial charge in [-0.2, -0.15) is 0 Å². The van der Waals surface area contributed by atoms with Gasteiger partial charge in [0.2, 0.25) is 11.8 Å². The van der Waals surface area contributed by atoms with Crippen molar-refractivity contribution in [1.82, 2.24) is 20.5 Å². The van der Waals surface area contributed by atoms with Crippen LogP contribution in [0.3, 0.4) is 0 Å². The number of amides is 2. The molecule has 0 aliphatic carbocycles. The van der Waals surface area contributed by atoms with Crippen molar-refractivity contribution in [2.24, 2.45) is 0 Å². The molecule has 1 aromatic carbocycles. The summed E-state index contributed by atoms with van der Waals surface area (Å²) < 4.78 is 18.9. The molecule has 2 amide bonds. The van der Waals surface area contributed by atoms with Crippen LogP contribution in [-0.4, -0.2) is 77.8 Å². The summed E-state index contributed by atoms with van der Waals surface area (Å²) in [5.74, 6) is -1.05. The number of carbonyl (C=O) groups is 2. The lowest BCUT2D eigenvalue weighted by Crippen LogP contribution is -2.58. The van der Waals surface area contributed by atoms with Crippen molar-refractivity contribution in [3.8, 4) is 0 Å². The molecule has 10 heteroatoms. The van der Waals surface area contributed by atoms with Crippen LogP contribution in [0.15, 0.2) is 18.2 Å². The predicted octanol–water partition coefficient (Wildman–Crippen LogP) is 1.59. The van der Waals surface area contributed by atoms with E-state index in [9.17, 15) is 19.1 Å². The molecule has 8 nitrogen and oxygen atoms in total. The van der Waals surface area contributed by atoms with Gasteiger partial charge in [0.05, 0.1) is 24.3 Å². The molecule has 1 aliphatic rings. The van der Waals surface area contributed by atoms with Crippen LogP contribution >= 0.6 is 11.6 Å². The minimum atomic E-state index is -0.913. The number of carbonyl (C=O) groups excluding carboxylic acids is 2. The van der Waals surface area contributed by atoms with E-state index < -0.39 is 30.3 Å². The first-order chi connectivity index (χ1) is 15.2. The van der Waals surface area contributed by atoms with Gasteiger partial charge in [0.1, 0.15) is 17.0 Å². The smallest absolute Gasteiger partial charge is 0.248 e. The lowest BCUT2D eigenvalue weighted by Gasteiger charge is -2.33. The maximum Gasteiger partial charge on any atom is 0.248 e. The number of fused-ring (bicyclic) bond motifs is 1. The van der Waals surface area contributed by atoms with E-state index in [2.05, 4.69) is 15.6 Å². The van der Waals surface area contributed by atoms with Crippen molar-refractivity contribution in [2.45, 2.75) is 57.0 Å². The highest BCUT2D eigenvalue weighted by molar-refractivity contribution is 6.31. The topological polar surface area (TPSA) is 107 Å². The fourth-order valence-electron chi connectivity index (χ4n) is 4.06. The van der Waals surface area contributed by atoms with Gasteiger partial charge < -0.3 is 30.4 Å². The largest absolute Gasteiger partial charge is 0.391 e.